The van der Waals surface area contributed by atoms with Crippen LogP contribution in [0.15, 0.2) is 29.3 Å². The lowest BCUT2D eigenvalue weighted by Gasteiger charge is -2.08. The van der Waals surface area contributed by atoms with Crippen LogP contribution in [0.25, 0.3) is 0 Å². The summed E-state index contributed by atoms with van der Waals surface area (Å²) in [6, 6.07) is 7.96. The monoisotopic (exact) mass is 249 g/mol. The first-order valence-electron chi connectivity index (χ1n) is 5.86. The maximum atomic E-state index is 11.4. The molecule has 0 aliphatic rings. The number of thioether (sulfide) groups is 1. The minimum absolute atomic E-state index is 0.0947. The Morgan fingerprint density at radius 1 is 1.35 bits per heavy atom. The smallest absolute Gasteiger partial charge is 0.159 e. The number of ketones is 1. The van der Waals surface area contributed by atoms with Gasteiger partial charge in [-0.2, -0.15) is 0 Å². The number of carbonyl (C=O) groups is 1. The van der Waals surface area contributed by atoms with Crippen molar-refractivity contribution in [1.82, 2.24) is 0 Å². The third-order valence-corrected chi connectivity index (χ3v) is 3.08. The largest absolute Gasteiger partial charge is 0.295 e. The van der Waals surface area contributed by atoms with Crippen molar-refractivity contribution in [2.75, 3.05) is 5.75 Å². The fourth-order valence-corrected chi connectivity index (χ4v) is 2.29. The van der Waals surface area contributed by atoms with Crippen LogP contribution in [0.5, 0.6) is 0 Å². The van der Waals surface area contributed by atoms with E-state index >= 15 is 0 Å². The first-order chi connectivity index (χ1) is 8.04. The highest BCUT2D eigenvalue weighted by atomic mass is 32.2. The Bertz CT molecular complexity index is 424. The fraction of sp³-hybridized carbons (Fsp3) is 0.429. The molecule has 2 nitrogen and oxygen atoms in total. The minimum Gasteiger partial charge on any atom is -0.295 e. The van der Waals surface area contributed by atoms with E-state index in [1.807, 2.05) is 24.3 Å². The molecular formula is C14H19NOS. The van der Waals surface area contributed by atoms with Crippen molar-refractivity contribution in [3.05, 3.63) is 35.4 Å². The third-order valence-electron chi connectivity index (χ3n) is 2.17. The number of rotatable bonds is 4. The predicted molar refractivity (Wildman–Crippen MR) is 76.3 cm³/mol. The van der Waals surface area contributed by atoms with Gasteiger partial charge in [0, 0.05) is 17.2 Å². The molecule has 1 aromatic rings. The number of hydrogen-bond donors (Lipinski definition) is 0. The van der Waals surface area contributed by atoms with Crippen molar-refractivity contribution >= 4 is 22.6 Å². The van der Waals surface area contributed by atoms with Gasteiger partial charge in [-0.3, -0.25) is 9.79 Å². The van der Waals surface area contributed by atoms with E-state index in [1.54, 1.807) is 18.7 Å². The van der Waals surface area contributed by atoms with Crippen LogP contribution in [0, 0.1) is 0 Å². The molecule has 0 saturated heterocycles. The zero-order valence-corrected chi connectivity index (χ0v) is 11.7. The number of benzene rings is 1. The summed E-state index contributed by atoms with van der Waals surface area (Å²) in [5.41, 5.74) is 1.79. The van der Waals surface area contributed by atoms with Gasteiger partial charge >= 0.3 is 0 Å². The van der Waals surface area contributed by atoms with Crippen LogP contribution >= 0.6 is 11.8 Å². The molecule has 1 aromatic carbocycles. The zero-order valence-electron chi connectivity index (χ0n) is 10.9. The number of carbonyl (C=O) groups excluding carboxylic acids is 1. The molecule has 0 aliphatic carbocycles. The second kappa shape index (κ2) is 6.60. The van der Waals surface area contributed by atoms with Crippen molar-refractivity contribution in [3.8, 4) is 0 Å². The minimum atomic E-state index is 0.0947. The Hall–Kier alpha value is -1.09. The quantitative estimate of drug-likeness (QED) is 0.461. The highest BCUT2D eigenvalue weighted by Crippen LogP contribution is 2.16. The molecule has 0 bridgehead atoms. The number of nitrogens with zero attached hydrogens (tertiary/aromatic N) is 1. The van der Waals surface area contributed by atoms with Crippen LogP contribution in [0.1, 0.15) is 43.6 Å². The average Bonchev–Trinajstić information content (AvgIpc) is 2.28. The molecule has 0 heterocycles. The molecular weight excluding hydrogens is 230 g/mol. The van der Waals surface area contributed by atoms with Crippen molar-refractivity contribution in [3.63, 3.8) is 0 Å². The zero-order chi connectivity index (χ0) is 12.8. The Kier molecular flexibility index (Phi) is 5.42. The number of hydrogen-bond acceptors (Lipinski definition) is 3. The standard InChI is InChI=1S/C14H19NOS/c1-5-17-14(15-10(2)3)13-8-6-7-12(9-13)11(4)16/h6-10H,5H2,1-4H3. The molecule has 17 heavy (non-hydrogen) atoms. The normalized spacial score (nSPS) is 11.9. The Labute approximate surface area is 108 Å². The number of Topliss-reactive ketones (excluding diaryl/α,β-unsaturated/α-hetero) is 1. The van der Waals surface area contributed by atoms with Gasteiger partial charge in [-0.1, -0.05) is 25.1 Å². The Balaban J connectivity index is 3.10. The summed E-state index contributed by atoms with van der Waals surface area (Å²) < 4.78 is 0. The molecule has 0 radical (unpaired) electrons. The molecule has 0 aliphatic heterocycles. The summed E-state index contributed by atoms with van der Waals surface area (Å²) in [6.45, 7) is 7.82. The van der Waals surface area contributed by atoms with Crippen LogP contribution in [0.3, 0.4) is 0 Å². The number of aliphatic imine (C=N–C) groups is 1. The van der Waals surface area contributed by atoms with Crippen molar-refractivity contribution in [2.24, 2.45) is 4.99 Å². The second-order valence-electron chi connectivity index (χ2n) is 4.10. The summed E-state index contributed by atoms with van der Waals surface area (Å²) in [5.74, 6) is 1.08. The topological polar surface area (TPSA) is 29.4 Å². The van der Waals surface area contributed by atoms with Gasteiger partial charge in [-0.15, -0.1) is 11.8 Å². The molecule has 0 unspecified atom stereocenters. The van der Waals surface area contributed by atoms with E-state index in [-0.39, 0.29) is 11.8 Å². The summed E-state index contributed by atoms with van der Waals surface area (Å²) in [6.07, 6.45) is 0. The van der Waals surface area contributed by atoms with Crippen LogP contribution in [0.2, 0.25) is 0 Å². The lowest BCUT2D eigenvalue weighted by molar-refractivity contribution is 0.101. The van der Waals surface area contributed by atoms with Gasteiger partial charge in [0.05, 0.1) is 5.04 Å². The second-order valence-corrected chi connectivity index (χ2v) is 5.35. The van der Waals surface area contributed by atoms with E-state index in [0.29, 0.717) is 0 Å². The molecule has 0 fully saturated rings. The molecule has 0 amide bonds. The molecule has 92 valence electrons. The summed E-state index contributed by atoms with van der Waals surface area (Å²) in [4.78, 5) is 16.0. The predicted octanol–water partition coefficient (Wildman–Crippen LogP) is 3.80. The van der Waals surface area contributed by atoms with E-state index in [0.717, 1.165) is 21.9 Å². The van der Waals surface area contributed by atoms with Gasteiger partial charge in [0.1, 0.15) is 0 Å². The van der Waals surface area contributed by atoms with Gasteiger partial charge in [0.15, 0.2) is 5.78 Å². The molecule has 0 saturated carbocycles. The molecule has 0 N–H and O–H groups in total. The Morgan fingerprint density at radius 3 is 2.53 bits per heavy atom. The lowest BCUT2D eigenvalue weighted by atomic mass is 10.1. The van der Waals surface area contributed by atoms with E-state index in [9.17, 15) is 4.79 Å². The molecule has 1 rings (SSSR count). The highest BCUT2D eigenvalue weighted by Gasteiger charge is 2.07. The van der Waals surface area contributed by atoms with Gasteiger partial charge in [-0.25, -0.2) is 0 Å². The molecule has 0 spiro atoms. The van der Waals surface area contributed by atoms with E-state index in [2.05, 4.69) is 25.8 Å². The summed E-state index contributed by atoms with van der Waals surface area (Å²) >= 11 is 1.72. The average molecular weight is 249 g/mol. The van der Waals surface area contributed by atoms with Crippen LogP contribution in [-0.2, 0) is 0 Å². The summed E-state index contributed by atoms with van der Waals surface area (Å²) in [5, 5.41) is 1.02. The molecule has 3 heteroatoms. The maximum absolute atomic E-state index is 11.4. The van der Waals surface area contributed by atoms with Gasteiger partial charge in [0.25, 0.3) is 0 Å². The first-order valence-corrected chi connectivity index (χ1v) is 6.85. The van der Waals surface area contributed by atoms with Crippen LogP contribution in [0.4, 0.5) is 0 Å². The van der Waals surface area contributed by atoms with Crippen molar-refractivity contribution in [1.29, 1.82) is 0 Å². The van der Waals surface area contributed by atoms with Gasteiger partial charge < -0.3 is 0 Å². The SMILES string of the molecule is CCSC(=NC(C)C)c1cccc(C(C)=O)c1. The Morgan fingerprint density at radius 2 is 2.00 bits per heavy atom. The lowest BCUT2D eigenvalue weighted by Crippen LogP contribution is -2.03. The van der Waals surface area contributed by atoms with E-state index < -0.39 is 0 Å². The highest BCUT2D eigenvalue weighted by molar-refractivity contribution is 8.14. The molecule has 0 aromatic heterocycles. The van der Waals surface area contributed by atoms with Crippen molar-refractivity contribution < 1.29 is 4.79 Å². The van der Waals surface area contributed by atoms with Gasteiger partial charge in [0.2, 0.25) is 0 Å². The van der Waals surface area contributed by atoms with Crippen LogP contribution < -0.4 is 0 Å². The van der Waals surface area contributed by atoms with E-state index in [1.165, 1.54) is 0 Å². The third kappa shape index (κ3) is 4.35. The van der Waals surface area contributed by atoms with Gasteiger partial charge in [-0.05, 0) is 32.6 Å². The maximum Gasteiger partial charge on any atom is 0.159 e. The first kappa shape index (κ1) is 14.0. The van der Waals surface area contributed by atoms with E-state index in [4.69, 9.17) is 0 Å². The molecule has 0 atom stereocenters. The summed E-state index contributed by atoms with van der Waals surface area (Å²) in [7, 11) is 0. The van der Waals surface area contributed by atoms with Crippen molar-refractivity contribution in [2.45, 2.75) is 33.7 Å². The fourth-order valence-electron chi connectivity index (χ4n) is 1.44. The van der Waals surface area contributed by atoms with Crippen LogP contribution in [-0.4, -0.2) is 22.6 Å².